The summed E-state index contributed by atoms with van der Waals surface area (Å²) in [5.41, 5.74) is 50.1. The maximum Gasteiger partial charge on any atom is 0.243 e. The number of hydrogen-bond acceptors (Lipinski definition) is 12. The number of carbonyl (C=O) groups excluding carboxylic acids is 8. The molecule has 7 atom stereocenters. The van der Waals surface area contributed by atoms with Gasteiger partial charge in [0.1, 0.15) is 36.3 Å². The Morgan fingerprint density at radius 1 is 0.404 bits per heavy atom. The van der Waals surface area contributed by atoms with Gasteiger partial charge in [-0.3, -0.25) is 53.3 Å². The second-order valence-corrected chi connectivity index (χ2v) is 23.4. The van der Waals surface area contributed by atoms with Crippen LogP contribution >= 0.6 is 0 Å². The summed E-state index contributed by atoms with van der Waals surface area (Å²) in [6.07, 6.45) is 12.1. The van der Waals surface area contributed by atoms with E-state index in [9.17, 15) is 24.0 Å². The fourth-order valence-corrected chi connectivity index (χ4v) is 11.0. The lowest BCUT2D eigenvalue weighted by Crippen LogP contribution is -2.60. The lowest BCUT2D eigenvalue weighted by molar-refractivity contribution is -0.135. The van der Waals surface area contributed by atoms with Crippen molar-refractivity contribution < 1.29 is 38.4 Å². The molecule has 3 heterocycles. The van der Waals surface area contributed by atoms with Crippen LogP contribution < -0.4 is 83.1 Å². The van der Waals surface area contributed by atoms with E-state index in [4.69, 9.17) is 45.9 Å². The van der Waals surface area contributed by atoms with Crippen LogP contribution in [0.25, 0.3) is 32.7 Å². The molecule has 0 saturated heterocycles. The van der Waals surface area contributed by atoms with Gasteiger partial charge in [0, 0.05) is 103 Å². The van der Waals surface area contributed by atoms with Gasteiger partial charge in [-0.15, -0.1) is 0 Å². The molecule has 0 aliphatic heterocycles. The highest BCUT2D eigenvalue weighted by Crippen LogP contribution is 2.23. The summed E-state index contributed by atoms with van der Waals surface area (Å²) in [5, 5.41) is 22.1. The van der Waals surface area contributed by atoms with Crippen molar-refractivity contribution in [3.8, 4) is 0 Å². The first-order valence-electron chi connectivity index (χ1n) is 32.2. The second kappa shape index (κ2) is 38.0. The zero-order valence-electron chi connectivity index (χ0n) is 53.5. The molecule has 0 aliphatic rings. The van der Waals surface area contributed by atoms with Crippen molar-refractivity contribution in [1.29, 1.82) is 0 Å². The number of fused-ring (bicyclic) bond motifs is 3. The average Bonchev–Trinajstić information content (AvgIpc) is 1.67. The SMILES string of the molecule is CCCCCCCC(=O)NCCCC[C@H](NC(=O)[C@H](Cc1c[nH]c2ccccc12)NC(=O)[C@H](CCCN=C(N)N)NC(=O)[C@H](Cc1c[nH]c2ccccc12)NC(=O)[C@@H](CCCN=C(N)N)NC(=O)[C@H](Cc1c[nH]c2ccccc12)NC(=O)[C@H](N)CCCN=C(N)N)C(N)=O. The molecule has 0 spiro atoms. The number of nitrogens with one attached hydrogen (secondary N) is 10. The Balaban J connectivity index is 1.28. The zero-order chi connectivity index (χ0) is 67.9. The Bertz CT molecular complexity index is 3560. The van der Waals surface area contributed by atoms with Gasteiger partial charge in [0.25, 0.3) is 0 Å². The molecule has 29 nitrogen and oxygen atoms in total. The number of aliphatic imine (C=N–C) groups is 3. The molecule has 3 aromatic carbocycles. The van der Waals surface area contributed by atoms with Crippen LogP contribution in [0.1, 0.15) is 120 Å². The molecule has 94 heavy (non-hydrogen) atoms. The van der Waals surface area contributed by atoms with E-state index in [-0.39, 0.29) is 101 Å². The maximum absolute atomic E-state index is 15.2. The van der Waals surface area contributed by atoms with Crippen molar-refractivity contribution in [2.24, 2.45) is 60.8 Å². The third-order valence-electron chi connectivity index (χ3n) is 16.1. The minimum atomic E-state index is -1.46. The van der Waals surface area contributed by atoms with Crippen LogP contribution in [0.3, 0.4) is 0 Å². The number of carbonyl (C=O) groups is 8. The Hall–Kier alpha value is -10.2. The van der Waals surface area contributed by atoms with Crippen LogP contribution in [-0.4, -0.2) is 149 Å². The van der Waals surface area contributed by atoms with E-state index in [0.717, 1.165) is 64.8 Å². The number of aromatic nitrogens is 3. The molecule has 6 aromatic rings. The van der Waals surface area contributed by atoms with Gasteiger partial charge in [0.15, 0.2) is 17.9 Å². The molecule has 0 bridgehead atoms. The van der Waals surface area contributed by atoms with Crippen molar-refractivity contribution in [1.82, 2.24) is 52.2 Å². The molecule has 0 fully saturated rings. The van der Waals surface area contributed by atoms with E-state index < -0.39 is 83.6 Å². The van der Waals surface area contributed by atoms with Gasteiger partial charge in [0.2, 0.25) is 47.3 Å². The quantitative estimate of drug-likeness (QED) is 0.0142. The monoisotopic (exact) mass is 1300 g/mol. The first-order valence-corrected chi connectivity index (χ1v) is 32.2. The summed E-state index contributed by atoms with van der Waals surface area (Å²) < 4.78 is 0. The smallest absolute Gasteiger partial charge is 0.243 e. The number of guanidine groups is 3. The Morgan fingerprint density at radius 2 is 0.755 bits per heavy atom. The third-order valence-corrected chi connectivity index (χ3v) is 16.1. The highest BCUT2D eigenvalue weighted by molar-refractivity contribution is 5.99. The molecule has 0 aliphatic carbocycles. The van der Waals surface area contributed by atoms with Crippen LogP contribution in [0.15, 0.2) is 106 Å². The largest absolute Gasteiger partial charge is 0.370 e. The summed E-state index contributed by atoms with van der Waals surface area (Å²) in [5.74, 6) is -6.03. The van der Waals surface area contributed by atoms with E-state index in [1.165, 1.54) is 0 Å². The van der Waals surface area contributed by atoms with Gasteiger partial charge < -0.3 is 98.0 Å². The third kappa shape index (κ3) is 23.8. The molecule has 8 amide bonds. The molecule has 29 heteroatoms. The van der Waals surface area contributed by atoms with E-state index >= 15 is 14.4 Å². The normalized spacial score (nSPS) is 13.4. The number of primary amides is 1. The van der Waals surface area contributed by atoms with Gasteiger partial charge in [-0.05, 0) is 99.1 Å². The number of H-pyrrole nitrogens is 3. The summed E-state index contributed by atoms with van der Waals surface area (Å²) in [7, 11) is 0. The van der Waals surface area contributed by atoms with Crippen LogP contribution in [0.4, 0.5) is 0 Å². The Kier molecular flexibility index (Phi) is 29.4. The van der Waals surface area contributed by atoms with E-state index in [2.05, 4.69) is 74.1 Å². The molecule has 0 unspecified atom stereocenters. The minimum Gasteiger partial charge on any atom is -0.370 e. The number of nitrogens with two attached hydrogens (primary N) is 8. The molecular formula is C65H95N21O8. The van der Waals surface area contributed by atoms with Crippen molar-refractivity contribution in [2.45, 2.75) is 165 Å². The van der Waals surface area contributed by atoms with Crippen LogP contribution in [-0.2, 0) is 57.6 Å². The van der Waals surface area contributed by atoms with E-state index in [0.29, 0.717) is 48.9 Å². The second-order valence-electron chi connectivity index (χ2n) is 23.4. The van der Waals surface area contributed by atoms with Crippen LogP contribution in [0.5, 0.6) is 0 Å². The first-order chi connectivity index (χ1) is 45.2. The van der Waals surface area contributed by atoms with E-state index in [1.807, 2.05) is 72.8 Å². The van der Waals surface area contributed by atoms with Crippen molar-refractivity contribution in [3.63, 3.8) is 0 Å². The van der Waals surface area contributed by atoms with Crippen LogP contribution in [0, 0.1) is 0 Å². The predicted molar refractivity (Wildman–Crippen MR) is 365 cm³/mol. The molecule has 3 aromatic heterocycles. The zero-order valence-corrected chi connectivity index (χ0v) is 53.5. The van der Waals surface area contributed by atoms with E-state index in [1.54, 1.807) is 18.6 Å². The number of unbranched alkanes of at least 4 members (excludes halogenated alkanes) is 5. The maximum atomic E-state index is 15.2. The lowest BCUT2D eigenvalue weighted by Gasteiger charge is -2.28. The number of hydrogen-bond donors (Lipinski definition) is 18. The number of rotatable bonds is 42. The van der Waals surface area contributed by atoms with Crippen molar-refractivity contribution in [3.05, 3.63) is 108 Å². The number of aromatic amines is 3. The van der Waals surface area contributed by atoms with Gasteiger partial charge >= 0.3 is 0 Å². The van der Waals surface area contributed by atoms with Gasteiger partial charge in [0.05, 0.1) is 6.04 Å². The molecular weight excluding hydrogens is 1200 g/mol. The molecule has 26 N–H and O–H groups in total. The Labute approximate surface area is 546 Å². The summed E-state index contributed by atoms with van der Waals surface area (Å²) in [4.78, 5) is 136. The highest BCUT2D eigenvalue weighted by atomic mass is 16.2. The molecule has 0 radical (unpaired) electrons. The number of nitrogens with zero attached hydrogens (tertiary/aromatic N) is 3. The summed E-state index contributed by atoms with van der Waals surface area (Å²) >= 11 is 0. The average molecular weight is 1300 g/mol. The Morgan fingerprint density at radius 3 is 1.16 bits per heavy atom. The number of para-hydroxylation sites is 3. The predicted octanol–water partition coefficient (Wildman–Crippen LogP) is 0.688. The highest BCUT2D eigenvalue weighted by Gasteiger charge is 2.35. The topological polar surface area (TPSA) is 513 Å². The standard InChI is InChI=1S/C65H95N21O8/c1-2-3-4-5-6-28-55(87)74-29-14-13-25-49(56(67)88)81-60(92)53(34-40-37-79-47-23-11-8-19-43(40)47)85-58(90)51(27-17-32-77-65(72)73)83-62(94)54(35-41-38-80-48-24-12-9-20-44(41)48)86-59(91)50(26-16-31-76-64(70)71)82-61(93)52(33-39-36-78-46-22-10-7-18-42(39)46)84-57(89)45(66)21-15-30-75-63(68)69/h7-12,18-20,22-24,36-38,45,49-54,78-80H,2-6,13-17,21,25-35,66H2,1H3,(H2,67,88)(H,74,87)(H,81,92)(H,82,93)(H,83,94)(H,84,89)(H,85,90)(H,86,91)(H4,68,69,75)(H4,70,71,76)(H4,72,73,77)/t45-,49+,50-,51+,52+,53+,54+/m1/s1. The minimum absolute atomic E-state index is 0.0358. The fourth-order valence-electron chi connectivity index (χ4n) is 11.0. The van der Waals surface area contributed by atoms with Crippen molar-refractivity contribution >= 4 is 97.8 Å². The molecule has 6 rings (SSSR count). The van der Waals surface area contributed by atoms with Gasteiger partial charge in [-0.2, -0.15) is 0 Å². The van der Waals surface area contributed by atoms with Gasteiger partial charge in [-0.25, -0.2) is 0 Å². The molecule has 508 valence electrons. The van der Waals surface area contributed by atoms with Gasteiger partial charge in [-0.1, -0.05) is 87.2 Å². The van der Waals surface area contributed by atoms with Crippen molar-refractivity contribution in [2.75, 3.05) is 26.2 Å². The lowest BCUT2D eigenvalue weighted by atomic mass is 10.0. The number of amides is 8. The molecule has 0 saturated carbocycles. The van der Waals surface area contributed by atoms with Crippen LogP contribution in [0.2, 0.25) is 0 Å². The fraction of sp³-hybridized carbons (Fsp3) is 0.462. The summed E-state index contributed by atoms with van der Waals surface area (Å²) in [6.45, 7) is 2.79. The first kappa shape index (κ1) is 72.9. The number of benzene rings is 3. The summed E-state index contributed by atoms with van der Waals surface area (Å²) in [6, 6.07) is 12.9.